The smallest absolute Gasteiger partial charge is 0.257 e. The van der Waals surface area contributed by atoms with Crippen LogP contribution in [0.5, 0.6) is 0 Å². The van der Waals surface area contributed by atoms with E-state index in [9.17, 15) is 8.42 Å². The molecule has 1 heterocycles. The number of hydrogen-bond acceptors (Lipinski definition) is 4. The number of aromatic amines is 1. The number of unbranched alkanes of at least 4 members (excludes halogenated alkanes) is 2. The number of H-pyrrole nitrogens is 1. The molecule has 0 radical (unpaired) electrons. The van der Waals surface area contributed by atoms with Crippen molar-refractivity contribution in [2.45, 2.75) is 24.3 Å². The number of nitrogens with zero attached hydrogens (tertiary/aromatic N) is 1. The Hall–Kier alpha value is -0.530. The Bertz CT molecular complexity index is 375. The van der Waals surface area contributed by atoms with E-state index in [-0.39, 0.29) is 5.03 Å². The number of hydrogen-bond donors (Lipinski definition) is 2. The lowest BCUT2D eigenvalue weighted by atomic mass is 10.2. The summed E-state index contributed by atoms with van der Waals surface area (Å²) in [6.45, 7) is 0.482. The van der Waals surface area contributed by atoms with Gasteiger partial charge in [0.1, 0.15) is 0 Å². The van der Waals surface area contributed by atoms with Crippen molar-refractivity contribution in [1.82, 2.24) is 14.9 Å². The molecule has 0 aromatic carbocycles. The fourth-order valence-electron chi connectivity index (χ4n) is 1.23. The largest absolute Gasteiger partial charge is 0.266 e. The molecule has 0 aliphatic carbocycles. The van der Waals surface area contributed by atoms with E-state index in [0.717, 1.165) is 25.0 Å². The zero-order chi connectivity index (χ0) is 11.9. The Morgan fingerprint density at radius 1 is 1.44 bits per heavy atom. The summed E-state index contributed by atoms with van der Waals surface area (Å²) in [6, 6.07) is 1.44. The summed E-state index contributed by atoms with van der Waals surface area (Å²) in [5, 5.41) is 6.17. The second kappa shape index (κ2) is 6.93. The van der Waals surface area contributed by atoms with Gasteiger partial charge in [-0.3, -0.25) is 5.10 Å². The molecule has 7 heteroatoms. The van der Waals surface area contributed by atoms with Gasteiger partial charge in [0.15, 0.2) is 5.03 Å². The van der Waals surface area contributed by atoms with Crippen molar-refractivity contribution in [3.63, 3.8) is 0 Å². The van der Waals surface area contributed by atoms with Gasteiger partial charge in [0, 0.05) is 6.54 Å². The van der Waals surface area contributed by atoms with Gasteiger partial charge in [-0.25, -0.2) is 13.1 Å². The molecule has 0 amide bonds. The van der Waals surface area contributed by atoms with E-state index in [1.807, 2.05) is 11.8 Å². The maximum atomic E-state index is 11.6. The molecule has 16 heavy (non-hydrogen) atoms. The molecular weight excluding hydrogens is 246 g/mol. The summed E-state index contributed by atoms with van der Waals surface area (Å²) in [5.41, 5.74) is 0. The Balaban J connectivity index is 2.22. The highest BCUT2D eigenvalue weighted by Crippen LogP contribution is 2.04. The van der Waals surface area contributed by atoms with Crippen LogP contribution in [-0.4, -0.2) is 37.2 Å². The van der Waals surface area contributed by atoms with Crippen LogP contribution in [0.25, 0.3) is 0 Å². The summed E-state index contributed by atoms with van der Waals surface area (Å²) in [4.78, 5) is 0. The fourth-order valence-corrected chi connectivity index (χ4v) is 2.70. The third-order valence-corrected chi connectivity index (χ3v) is 4.17. The summed E-state index contributed by atoms with van der Waals surface area (Å²) < 4.78 is 25.7. The Morgan fingerprint density at radius 3 is 2.88 bits per heavy atom. The van der Waals surface area contributed by atoms with Gasteiger partial charge in [0.2, 0.25) is 0 Å². The van der Waals surface area contributed by atoms with Crippen LogP contribution >= 0.6 is 11.8 Å². The first kappa shape index (κ1) is 13.5. The normalized spacial score (nSPS) is 11.8. The maximum Gasteiger partial charge on any atom is 0.257 e. The molecule has 0 bridgehead atoms. The SMILES string of the molecule is CSCCCCCNS(=O)(=O)c1ccn[nH]1. The van der Waals surface area contributed by atoms with E-state index < -0.39 is 10.0 Å². The molecule has 0 aliphatic rings. The lowest BCUT2D eigenvalue weighted by molar-refractivity contribution is 0.572. The number of aromatic nitrogens is 2. The molecule has 0 fully saturated rings. The Kier molecular flexibility index (Phi) is 5.86. The molecule has 0 saturated heterocycles. The predicted molar refractivity (Wildman–Crippen MR) is 66.0 cm³/mol. The van der Waals surface area contributed by atoms with Gasteiger partial charge in [0.05, 0.1) is 6.20 Å². The highest BCUT2D eigenvalue weighted by molar-refractivity contribution is 7.98. The maximum absolute atomic E-state index is 11.6. The lowest BCUT2D eigenvalue weighted by Crippen LogP contribution is -2.25. The zero-order valence-corrected chi connectivity index (χ0v) is 10.9. The summed E-state index contributed by atoms with van der Waals surface area (Å²) >= 11 is 1.81. The molecule has 1 rings (SSSR count). The topological polar surface area (TPSA) is 74.8 Å². The quantitative estimate of drug-likeness (QED) is 0.692. The van der Waals surface area contributed by atoms with Crippen molar-refractivity contribution in [3.8, 4) is 0 Å². The van der Waals surface area contributed by atoms with Crippen LogP contribution in [0, 0.1) is 0 Å². The zero-order valence-electron chi connectivity index (χ0n) is 9.27. The molecule has 0 spiro atoms. The molecule has 1 aromatic rings. The van der Waals surface area contributed by atoms with E-state index in [4.69, 9.17) is 0 Å². The predicted octanol–water partition coefficient (Wildman–Crippen LogP) is 1.22. The molecular formula is C9H17N3O2S2. The first-order valence-electron chi connectivity index (χ1n) is 5.15. The third-order valence-electron chi connectivity index (χ3n) is 2.08. The van der Waals surface area contributed by atoms with Crippen LogP contribution in [0.4, 0.5) is 0 Å². The number of sulfonamides is 1. The molecule has 1 aromatic heterocycles. The minimum atomic E-state index is -3.38. The van der Waals surface area contributed by atoms with E-state index in [1.54, 1.807) is 0 Å². The Morgan fingerprint density at radius 2 is 2.25 bits per heavy atom. The standard InChI is InChI=1S/C9H17N3O2S2/c1-15-8-4-2-3-6-11-16(13,14)9-5-7-10-12-9/h5,7,11H,2-4,6,8H2,1H3,(H,10,12). The second-order valence-electron chi connectivity index (χ2n) is 3.37. The number of rotatable bonds is 8. The van der Waals surface area contributed by atoms with Gasteiger partial charge in [0.25, 0.3) is 10.0 Å². The van der Waals surface area contributed by atoms with Crippen LogP contribution in [0.3, 0.4) is 0 Å². The number of nitrogens with one attached hydrogen (secondary N) is 2. The molecule has 0 atom stereocenters. The van der Waals surface area contributed by atoms with Gasteiger partial charge in [-0.05, 0) is 30.9 Å². The second-order valence-corrected chi connectivity index (χ2v) is 6.09. The molecule has 2 N–H and O–H groups in total. The van der Waals surface area contributed by atoms with Crippen molar-refractivity contribution in [2.24, 2.45) is 0 Å². The molecule has 0 unspecified atom stereocenters. The van der Waals surface area contributed by atoms with E-state index >= 15 is 0 Å². The van der Waals surface area contributed by atoms with Crippen molar-refractivity contribution in [1.29, 1.82) is 0 Å². The molecule has 5 nitrogen and oxygen atoms in total. The van der Waals surface area contributed by atoms with Crippen LogP contribution < -0.4 is 4.72 Å². The highest BCUT2D eigenvalue weighted by Gasteiger charge is 2.13. The fraction of sp³-hybridized carbons (Fsp3) is 0.667. The molecule has 0 aliphatic heterocycles. The number of thioether (sulfide) groups is 1. The van der Waals surface area contributed by atoms with Crippen molar-refractivity contribution >= 4 is 21.8 Å². The van der Waals surface area contributed by atoms with Gasteiger partial charge >= 0.3 is 0 Å². The van der Waals surface area contributed by atoms with Crippen molar-refractivity contribution in [3.05, 3.63) is 12.3 Å². The van der Waals surface area contributed by atoms with Gasteiger partial charge in [-0.2, -0.15) is 16.9 Å². The minimum Gasteiger partial charge on any atom is -0.266 e. The van der Waals surface area contributed by atoms with Crippen LogP contribution in [-0.2, 0) is 10.0 Å². The summed E-state index contributed by atoms with van der Waals surface area (Å²) in [5.74, 6) is 1.13. The monoisotopic (exact) mass is 263 g/mol. The summed E-state index contributed by atoms with van der Waals surface area (Å²) in [7, 11) is -3.38. The van der Waals surface area contributed by atoms with Crippen molar-refractivity contribution in [2.75, 3.05) is 18.6 Å². The highest BCUT2D eigenvalue weighted by atomic mass is 32.2. The first-order chi connectivity index (χ1) is 7.67. The first-order valence-corrected chi connectivity index (χ1v) is 8.02. The Labute approximate surface area is 100 Å². The third kappa shape index (κ3) is 4.54. The van der Waals surface area contributed by atoms with Crippen LogP contribution in [0.15, 0.2) is 17.3 Å². The molecule has 92 valence electrons. The summed E-state index contributed by atoms with van der Waals surface area (Å²) in [6.07, 6.45) is 6.54. The van der Waals surface area contributed by atoms with Gasteiger partial charge < -0.3 is 0 Å². The van der Waals surface area contributed by atoms with E-state index in [1.165, 1.54) is 12.3 Å². The average molecular weight is 263 g/mol. The molecule has 0 saturated carbocycles. The lowest BCUT2D eigenvalue weighted by Gasteiger charge is -2.04. The van der Waals surface area contributed by atoms with Crippen LogP contribution in [0.2, 0.25) is 0 Å². The van der Waals surface area contributed by atoms with E-state index in [0.29, 0.717) is 6.54 Å². The van der Waals surface area contributed by atoms with Gasteiger partial charge in [-0.1, -0.05) is 6.42 Å². The van der Waals surface area contributed by atoms with Crippen molar-refractivity contribution < 1.29 is 8.42 Å². The van der Waals surface area contributed by atoms with Crippen LogP contribution in [0.1, 0.15) is 19.3 Å². The van der Waals surface area contributed by atoms with Gasteiger partial charge in [-0.15, -0.1) is 0 Å². The average Bonchev–Trinajstić information content (AvgIpc) is 2.77. The minimum absolute atomic E-state index is 0.122. The van der Waals surface area contributed by atoms with E-state index in [2.05, 4.69) is 21.2 Å².